The zero-order chi connectivity index (χ0) is 6.78. The fourth-order valence-corrected chi connectivity index (χ4v) is 0.292. The molecular weight excluding hydrogens is 102 g/mol. The molecule has 3 N–H and O–H groups in total. The average Bonchev–Trinajstić information content (AvgIpc) is 1.62. The smallest absolute Gasteiger partial charge is 0.132 e. The molecule has 0 aliphatic rings. The first-order chi connectivity index (χ1) is 3.48. The predicted octanol–water partition coefficient (Wildman–Crippen LogP) is 0.620. The Morgan fingerprint density at radius 3 is 2.12 bits per heavy atom. The van der Waals surface area contributed by atoms with Crippen LogP contribution in [0.5, 0.6) is 0 Å². The van der Waals surface area contributed by atoms with E-state index in [-0.39, 0.29) is 0 Å². The second-order valence-corrected chi connectivity index (χ2v) is 2.12. The fourth-order valence-electron chi connectivity index (χ4n) is 0.292. The molecule has 0 aliphatic heterocycles. The van der Waals surface area contributed by atoms with Gasteiger partial charge in [-0.15, -0.1) is 0 Å². The lowest BCUT2D eigenvalue weighted by Crippen LogP contribution is -2.36. The van der Waals surface area contributed by atoms with Crippen LogP contribution in [-0.4, -0.2) is 10.8 Å². The summed E-state index contributed by atoms with van der Waals surface area (Å²) in [5.41, 5.74) is 4.94. The fraction of sp³-hybridized carbons (Fsp3) is 0.667. The first-order valence-electron chi connectivity index (χ1n) is 2.63. The Labute approximate surface area is 50.0 Å². The van der Waals surface area contributed by atoms with E-state index in [9.17, 15) is 0 Å². The van der Waals surface area contributed by atoms with Gasteiger partial charge in [-0.3, -0.25) is 0 Å². The first kappa shape index (κ1) is 7.66. The van der Waals surface area contributed by atoms with Crippen LogP contribution in [-0.2, 0) is 0 Å². The molecule has 0 saturated heterocycles. The van der Waals surface area contributed by atoms with Crippen LogP contribution in [0.15, 0.2) is 11.6 Å². The van der Waals surface area contributed by atoms with Crippen LogP contribution in [0.1, 0.15) is 20.8 Å². The van der Waals surface area contributed by atoms with Gasteiger partial charge in [0.25, 0.3) is 0 Å². The molecule has 1 atom stereocenters. The first-order valence-corrected chi connectivity index (χ1v) is 2.63. The van der Waals surface area contributed by atoms with Crippen molar-refractivity contribution in [3.63, 3.8) is 0 Å². The summed E-state index contributed by atoms with van der Waals surface area (Å²) in [4.78, 5) is 0. The highest BCUT2D eigenvalue weighted by molar-refractivity contribution is 5.07. The van der Waals surface area contributed by atoms with Crippen LogP contribution in [0.4, 0.5) is 0 Å². The summed E-state index contributed by atoms with van der Waals surface area (Å²) in [7, 11) is 0. The molecule has 8 heavy (non-hydrogen) atoms. The molecule has 0 spiro atoms. The average molecular weight is 115 g/mol. The number of hydrogen-bond acceptors (Lipinski definition) is 2. The van der Waals surface area contributed by atoms with Crippen LogP contribution in [0, 0.1) is 0 Å². The second kappa shape index (κ2) is 2.29. The van der Waals surface area contributed by atoms with Crippen molar-refractivity contribution in [1.29, 1.82) is 0 Å². The maximum Gasteiger partial charge on any atom is 0.132 e. The third kappa shape index (κ3) is 2.09. The third-order valence-electron chi connectivity index (χ3n) is 1.23. The van der Waals surface area contributed by atoms with Crippen molar-refractivity contribution in [1.82, 2.24) is 0 Å². The van der Waals surface area contributed by atoms with Gasteiger partial charge >= 0.3 is 0 Å². The predicted molar refractivity (Wildman–Crippen MR) is 34.2 cm³/mol. The molecule has 48 valence electrons. The van der Waals surface area contributed by atoms with Crippen molar-refractivity contribution >= 4 is 0 Å². The molecule has 2 heteroatoms. The molecular formula is C6H13NO. The van der Waals surface area contributed by atoms with Gasteiger partial charge in [-0.2, -0.15) is 0 Å². The lowest BCUT2D eigenvalue weighted by molar-refractivity contribution is 0.106. The molecule has 0 aliphatic carbocycles. The van der Waals surface area contributed by atoms with Gasteiger partial charge in [0.15, 0.2) is 0 Å². The van der Waals surface area contributed by atoms with Gasteiger partial charge in [-0.05, 0) is 26.3 Å². The van der Waals surface area contributed by atoms with Gasteiger partial charge in [0.1, 0.15) is 5.72 Å². The molecule has 2 nitrogen and oxygen atoms in total. The molecule has 0 bridgehead atoms. The number of rotatable bonds is 1. The Kier molecular flexibility index (Phi) is 2.19. The van der Waals surface area contributed by atoms with Crippen molar-refractivity contribution in [3.05, 3.63) is 11.6 Å². The Balaban J connectivity index is 4.03. The lowest BCUT2D eigenvalue weighted by atomic mass is 10.1. The van der Waals surface area contributed by atoms with Crippen molar-refractivity contribution in [2.75, 3.05) is 0 Å². The van der Waals surface area contributed by atoms with Gasteiger partial charge in [-0.25, -0.2) is 0 Å². The van der Waals surface area contributed by atoms with E-state index in [1.54, 1.807) is 19.9 Å². The normalized spacial score (nSPS) is 20.4. The molecule has 0 rings (SSSR count). The Morgan fingerprint density at radius 1 is 1.75 bits per heavy atom. The highest BCUT2D eigenvalue weighted by Crippen LogP contribution is 2.06. The van der Waals surface area contributed by atoms with Gasteiger partial charge in [0.05, 0.1) is 0 Å². The third-order valence-corrected chi connectivity index (χ3v) is 1.23. The van der Waals surface area contributed by atoms with Crippen molar-refractivity contribution in [2.24, 2.45) is 5.73 Å². The summed E-state index contributed by atoms with van der Waals surface area (Å²) in [5, 5.41) is 9.00. The van der Waals surface area contributed by atoms with E-state index < -0.39 is 5.72 Å². The van der Waals surface area contributed by atoms with Gasteiger partial charge in [-0.1, -0.05) is 6.08 Å². The molecule has 0 fully saturated rings. The van der Waals surface area contributed by atoms with Crippen molar-refractivity contribution < 1.29 is 5.11 Å². The standard InChI is InChI=1S/C6H13NO/c1-4-5(2)6(3,7)8/h4,8H,7H2,1-3H3. The van der Waals surface area contributed by atoms with E-state index in [4.69, 9.17) is 10.8 Å². The van der Waals surface area contributed by atoms with E-state index >= 15 is 0 Å². The summed E-state index contributed by atoms with van der Waals surface area (Å²) in [6.07, 6.45) is 1.79. The van der Waals surface area contributed by atoms with E-state index in [0.29, 0.717) is 0 Å². The zero-order valence-corrected chi connectivity index (χ0v) is 5.60. The number of hydrogen-bond donors (Lipinski definition) is 2. The van der Waals surface area contributed by atoms with E-state index in [0.717, 1.165) is 5.57 Å². The van der Waals surface area contributed by atoms with Gasteiger partial charge < -0.3 is 10.8 Å². The van der Waals surface area contributed by atoms with Crippen LogP contribution in [0.25, 0.3) is 0 Å². The molecule has 1 unspecified atom stereocenters. The molecule has 0 aromatic rings. The Hall–Kier alpha value is -0.340. The highest BCUT2D eigenvalue weighted by Gasteiger charge is 2.13. The molecule has 0 amide bonds. The van der Waals surface area contributed by atoms with E-state index in [1.807, 2.05) is 6.92 Å². The minimum Gasteiger partial charge on any atom is -0.372 e. The van der Waals surface area contributed by atoms with E-state index in [1.165, 1.54) is 0 Å². The van der Waals surface area contributed by atoms with Crippen LogP contribution < -0.4 is 5.73 Å². The Bertz CT molecular complexity index is 99.6. The Morgan fingerprint density at radius 2 is 2.12 bits per heavy atom. The maximum atomic E-state index is 9.00. The minimum absolute atomic E-state index is 0.789. The summed E-state index contributed by atoms with van der Waals surface area (Å²) in [6, 6.07) is 0. The summed E-state index contributed by atoms with van der Waals surface area (Å²) in [6.45, 7) is 5.19. The van der Waals surface area contributed by atoms with Crippen molar-refractivity contribution in [3.8, 4) is 0 Å². The van der Waals surface area contributed by atoms with Gasteiger partial charge in [0, 0.05) is 0 Å². The van der Waals surface area contributed by atoms with Gasteiger partial charge in [0.2, 0.25) is 0 Å². The topological polar surface area (TPSA) is 46.2 Å². The van der Waals surface area contributed by atoms with Crippen molar-refractivity contribution in [2.45, 2.75) is 26.5 Å². The summed E-state index contributed by atoms with van der Waals surface area (Å²) in [5.74, 6) is 0. The van der Waals surface area contributed by atoms with E-state index in [2.05, 4.69) is 0 Å². The summed E-state index contributed by atoms with van der Waals surface area (Å²) >= 11 is 0. The molecule has 0 heterocycles. The number of allylic oxidation sites excluding steroid dienone is 1. The highest BCUT2D eigenvalue weighted by atomic mass is 16.3. The zero-order valence-electron chi connectivity index (χ0n) is 5.60. The van der Waals surface area contributed by atoms with Crippen LogP contribution >= 0.6 is 0 Å². The second-order valence-electron chi connectivity index (χ2n) is 2.12. The number of nitrogens with two attached hydrogens (primary N) is 1. The quantitative estimate of drug-likeness (QED) is 0.388. The molecule has 0 saturated carbocycles. The SMILES string of the molecule is CC=C(C)C(C)(N)O. The van der Waals surface area contributed by atoms with Crippen LogP contribution in [0.2, 0.25) is 0 Å². The monoisotopic (exact) mass is 115 g/mol. The largest absolute Gasteiger partial charge is 0.372 e. The summed E-state index contributed by atoms with van der Waals surface area (Å²) < 4.78 is 0. The molecule has 0 radical (unpaired) electrons. The van der Waals surface area contributed by atoms with Crippen LogP contribution in [0.3, 0.4) is 0 Å². The maximum absolute atomic E-state index is 9.00. The molecule has 0 aromatic heterocycles. The minimum atomic E-state index is -1.13. The lowest BCUT2D eigenvalue weighted by Gasteiger charge is -2.16. The number of aliphatic hydroxyl groups is 1. The molecule has 0 aromatic carbocycles.